The van der Waals surface area contributed by atoms with Gasteiger partial charge in [-0.15, -0.1) is 12.4 Å². The largest absolute Gasteiger partial charge is 0.493 e. The van der Waals surface area contributed by atoms with Crippen molar-refractivity contribution in [2.45, 2.75) is 20.1 Å². The molecule has 0 aliphatic heterocycles. The number of hydrogen-bond donors (Lipinski definition) is 1. The van der Waals surface area contributed by atoms with E-state index >= 15 is 0 Å². The standard InChI is InChI=1S/C17H19Cl2NO2.ClH/c1-3-20-10-13-8-15(19)17(16(9-13)21-2)22-11-12-4-6-14(18)7-5-12;/h4-9,20H,3,10-11H2,1-2H3;1H. The lowest BCUT2D eigenvalue weighted by molar-refractivity contribution is 0.284. The van der Waals surface area contributed by atoms with Crippen LogP contribution in [-0.4, -0.2) is 13.7 Å². The molecule has 3 nitrogen and oxygen atoms in total. The molecule has 23 heavy (non-hydrogen) atoms. The first-order chi connectivity index (χ1) is 10.6. The first-order valence-electron chi connectivity index (χ1n) is 7.08. The van der Waals surface area contributed by atoms with Crippen molar-refractivity contribution in [2.75, 3.05) is 13.7 Å². The van der Waals surface area contributed by atoms with Crippen molar-refractivity contribution in [1.29, 1.82) is 0 Å². The van der Waals surface area contributed by atoms with E-state index in [1.165, 1.54) is 0 Å². The lowest BCUT2D eigenvalue weighted by Gasteiger charge is -2.14. The molecule has 0 aromatic heterocycles. The van der Waals surface area contributed by atoms with Gasteiger partial charge in [0.05, 0.1) is 12.1 Å². The van der Waals surface area contributed by atoms with Gasteiger partial charge in [-0.3, -0.25) is 0 Å². The minimum Gasteiger partial charge on any atom is -0.493 e. The van der Waals surface area contributed by atoms with Gasteiger partial charge in [0.15, 0.2) is 11.5 Å². The average Bonchev–Trinajstić information content (AvgIpc) is 2.53. The van der Waals surface area contributed by atoms with Crippen molar-refractivity contribution in [3.8, 4) is 11.5 Å². The molecule has 0 saturated heterocycles. The molecule has 2 aromatic rings. The van der Waals surface area contributed by atoms with Gasteiger partial charge in [-0.05, 0) is 41.9 Å². The molecule has 0 aliphatic carbocycles. The second-order valence-corrected chi connectivity index (χ2v) is 5.65. The molecule has 0 saturated carbocycles. The molecule has 1 N–H and O–H groups in total. The molecule has 0 aliphatic rings. The Bertz CT molecular complexity index is 618. The highest BCUT2D eigenvalue weighted by Gasteiger charge is 2.12. The normalized spacial score (nSPS) is 10.1. The van der Waals surface area contributed by atoms with Gasteiger partial charge in [-0.25, -0.2) is 0 Å². The van der Waals surface area contributed by atoms with Crippen LogP contribution in [0, 0.1) is 0 Å². The summed E-state index contributed by atoms with van der Waals surface area (Å²) in [6.07, 6.45) is 0. The summed E-state index contributed by atoms with van der Waals surface area (Å²) in [5.41, 5.74) is 2.07. The van der Waals surface area contributed by atoms with Gasteiger partial charge in [-0.1, -0.05) is 42.3 Å². The Kier molecular flexibility index (Phi) is 8.56. The van der Waals surface area contributed by atoms with Crippen molar-refractivity contribution in [1.82, 2.24) is 5.32 Å². The zero-order valence-electron chi connectivity index (χ0n) is 13.1. The molecule has 0 unspecified atom stereocenters. The highest BCUT2D eigenvalue weighted by Crippen LogP contribution is 2.37. The molecule has 2 aromatic carbocycles. The minimum atomic E-state index is 0. The molecule has 2 rings (SSSR count). The monoisotopic (exact) mass is 375 g/mol. The topological polar surface area (TPSA) is 30.5 Å². The van der Waals surface area contributed by atoms with Gasteiger partial charge in [0.2, 0.25) is 0 Å². The van der Waals surface area contributed by atoms with E-state index in [4.69, 9.17) is 32.7 Å². The van der Waals surface area contributed by atoms with E-state index < -0.39 is 0 Å². The van der Waals surface area contributed by atoms with Crippen molar-refractivity contribution in [3.63, 3.8) is 0 Å². The van der Waals surface area contributed by atoms with Crippen LogP contribution in [-0.2, 0) is 13.2 Å². The SMILES string of the molecule is CCNCc1cc(Cl)c(OCc2ccc(Cl)cc2)c(OC)c1.Cl. The molecule has 0 atom stereocenters. The second kappa shape index (κ2) is 9.89. The van der Waals surface area contributed by atoms with Crippen LogP contribution < -0.4 is 14.8 Å². The Balaban J connectivity index is 0.00000264. The maximum atomic E-state index is 6.33. The molecule has 0 bridgehead atoms. The van der Waals surface area contributed by atoms with Gasteiger partial charge in [-0.2, -0.15) is 0 Å². The average molecular weight is 377 g/mol. The highest BCUT2D eigenvalue weighted by molar-refractivity contribution is 6.32. The Labute approximate surface area is 153 Å². The predicted octanol–water partition coefficient (Wildman–Crippen LogP) is 5.11. The van der Waals surface area contributed by atoms with E-state index in [2.05, 4.69) is 12.2 Å². The van der Waals surface area contributed by atoms with Crippen LogP contribution >= 0.6 is 35.6 Å². The molecule has 0 spiro atoms. The van der Waals surface area contributed by atoms with Crippen molar-refractivity contribution in [3.05, 3.63) is 57.6 Å². The molecule has 0 radical (unpaired) electrons. The number of rotatable bonds is 7. The van der Waals surface area contributed by atoms with E-state index in [1.807, 2.05) is 36.4 Å². The molecular formula is C17H20Cl3NO2. The van der Waals surface area contributed by atoms with E-state index in [1.54, 1.807) is 7.11 Å². The van der Waals surface area contributed by atoms with Crippen LogP contribution in [0.1, 0.15) is 18.1 Å². The Morgan fingerprint density at radius 2 is 1.74 bits per heavy atom. The van der Waals surface area contributed by atoms with Gasteiger partial charge >= 0.3 is 0 Å². The third kappa shape index (κ3) is 5.78. The fraction of sp³-hybridized carbons (Fsp3) is 0.294. The van der Waals surface area contributed by atoms with Crippen LogP contribution in [0.3, 0.4) is 0 Å². The highest BCUT2D eigenvalue weighted by atomic mass is 35.5. The van der Waals surface area contributed by atoms with Crippen LogP contribution in [0.5, 0.6) is 11.5 Å². The molecule has 126 valence electrons. The number of hydrogen-bond acceptors (Lipinski definition) is 3. The number of benzene rings is 2. The lowest BCUT2D eigenvalue weighted by Crippen LogP contribution is -2.12. The van der Waals surface area contributed by atoms with Gasteiger partial charge in [0.1, 0.15) is 6.61 Å². The van der Waals surface area contributed by atoms with Crippen molar-refractivity contribution >= 4 is 35.6 Å². The van der Waals surface area contributed by atoms with Crippen LogP contribution in [0.2, 0.25) is 10.0 Å². The van der Waals surface area contributed by atoms with Gasteiger partial charge in [0, 0.05) is 11.6 Å². The predicted molar refractivity (Wildman–Crippen MR) is 98.4 cm³/mol. The third-order valence-electron chi connectivity index (χ3n) is 3.16. The molecule has 0 amide bonds. The first-order valence-corrected chi connectivity index (χ1v) is 7.84. The van der Waals surface area contributed by atoms with Crippen molar-refractivity contribution < 1.29 is 9.47 Å². The summed E-state index contributed by atoms with van der Waals surface area (Å²) < 4.78 is 11.2. The van der Waals surface area contributed by atoms with E-state index in [0.717, 1.165) is 24.2 Å². The maximum Gasteiger partial charge on any atom is 0.180 e. The molecular weight excluding hydrogens is 357 g/mol. The number of halogens is 3. The summed E-state index contributed by atoms with van der Waals surface area (Å²) in [7, 11) is 1.61. The molecule has 6 heteroatoms. The molecule has 0 fully saturated rings. The van der Waals surface area contributed by atoms with E-state index in [0.29, 0.717) is 28.2 Å². The summed E-state index contributed by atoms with van der Waals surface area (Å²) in [6.45, 7) is 4.10. The Morgan fingerprint density at radius 1 is 1.04 bits per heavy atom. The Morgan fingerprint density at radius 3 is 2.35 bits per heavy atom. The van der Waals surface area contributed by atoms with E-state index in [9.17, 15) is 0 Å². The summed E-state index contributed by atoms with van der Waals surface area (Å²) in [6, 6.07) is 11.3. The fourth-order valence-electron chi connectivity index (χ4n) is 2.02. The number of nitrogens with one attached hydrogen (secondary N) is 1. The van der Waals surface area contributed by atoms with Gasteiger partial charge < -0.3 is 14.8 Å². The maximum absolute atomic E-state index is 6.33. The minimum absolute atomic E-state index is 0. The summed E-state index contributed by atoms with van der Waals surface area (Å²) >= 11 is 12.2. The molecule has 0 heterocycles. The zero-order valence-corrected chi connectivity index (χ0v) is 15.4. The van der Waals surface area contributed by atoms with Crippen LogP contribution in [0.4, 0.5) is 0 Å². The number of ether oxygens (including phenoxy) is 2. The van der Waals surface area contributed by atoms with Gasteiger partial charge in [0.25, 0.3) is 0 Å². The quantitative estimate of drug-likeness (QED) is 0.728. The summed E-state index contributed by atoms with van der Waals surface area (Å²) in [5.74, 6) is 1.19. The first kappa shape index (κ1) is 19.9. The Hall–Kier alpha value is -1.13. The van der Waals surface area contributed by atoms with Crippen LogP contribution in [0.15, 0.2) is 36.4 Å². The smallest absolute Gasteiger partial charge is 0.180 e. The second-order valence-electron chi connectivity index (χ2n) is 4.80. The van der Waals surface area contributed by atoms with E-state index in [-0.39, 0.29) is 12.4 Å². The third-order valence-corrected chi connectivity index (χ3v) is 3.70. The number of methoxy groups -OCH3 is 1. The van der Waals surface area contributed by atoms with Crippen molar-refractivity contribution in [2.24, 2.45) is 0 Å². The summed E-state index contributed by atoms with van der Waals surface area (Å²) in [5, 5.41) is 4.50. The summed E-state index contributed by atoms with van der Waals surface area (Å²) in [4.78, 5) is 0. The van der Waals surface area contributed by atoms with Crippen LogP contribution in [0.25, 0.3) is 0 Å². The lowest BCUT2D eigenvalue weighted by atomic mass is 10.2. The fourth-order valence-corrected chi connectivity index (χ4v) is 2.43. The zero-order chi connectivity index (χ0) is 15.9.